The Morgan fingerprint density at radius 3 is 2.44 bits per heavy atom. The average Bonchev–Trinajstić information content (AvgIpc) is 3.16. The molecule has 1 aromatic rings. The summed E-state index contributed by atoms with van der Waals surface area (Å²) in [4.78, 5) is 27.9. The quantitative estimate of drug-likeness (QED) is 0.784. The standard InChI is InChI=1S/C19H29N5O3/c1-22(2)17-16(13-20-14-21-17)23-7-3-15(4-8-23)18(25)24-9-5-19(6-10-24)26-11-12-27-19/h13-15H,3-12H2,1-2H3. The molecule has 0 N–H and O–H groups in total. The molecule has 0 radical (unpaired) electrons. The molecule has 3 aliphatic heterocycles. The number of rotatable bonds is 3. The van der Waals surface area contributed by atoms with Crippen molar-refractivity contribution in [3.63, 3.8) is 0 Å². The maximum atomic E-state index is 13.0. The number of carbonyl (C=O) groups is 1. The van der Waals surface area contributed by atoms with Crippen molar-refractivity contribution < 1.29 is 14.3 Å². The van der Waals surface area contributed by atoms with E-state index in [4.69, 9.17) is 9.47 Å². The van der Waals surface area contributed by atoms with Gasteiger partial charge < -0.3 is 24.2 Å². The third kappa shape index (κ3) is 3.73. The zero-order valence-electron chi connectivity index (χ0n) is 16.3. The maximum Gasteiger partial charge on any atom is 0.225 e. The highest BCUT2D eigenvalue weighted by atomic mass is 16.7. The normalized spacial score (nSPS) is 23.0. The third-order valence-corrected chi connectivity index (χ3v) is 5.93. The second-order valence-electron chi connectivity index (χ2n) is 7.82. The summed E-state index contributed by atoms with van der Waals surface area (Å²) < 4.78 is 11.5. The summed E-state index contributed by atoms with van der Waals surface area (Å²) in [6.07, 6.45) is 6.76. The van der Waals surface area contributed by atoms with Crippen molar-refractivity contribution in [3.05, 3.63) is 12.5 Å². The molecule has 1 spiro atoms. The minimum atomic E-state index is -0.421. The van der Waals surface area contributed by atoms with Gasteiger partial charge in [-0.3, -0.25) is 4.79 Å². The summed E-state index contributed by atoms with van der Waals surface area (Å²) in [7, 11) is 3.98. The zero-order chi connectivity index (χ0) is 18.9. The summed E-state index contributed by atoms with van der Waals surface area (Å²) in [5.41, 5.74) is 1.05. The average molecular weight is 375 g/mol. The van der Waals surface area contributed by atoms with Crippen LogP contribution in [0, 0.1) is 5.92 Å². The topological polar surface area (TPSA) is 71.0 Å². The molecule has 0 saturated carbocycles. The van der Waals surface area contributed by atoms with Crippen LogP contribution in [0.15, 0.2) is 12.5 Å². The number of nitrogens with zero attached hydrogens (tertiary/aromatic N) is 5. The van der Waals surface area contributed by atoms with Crippen LogP contribution in [-0.4, -0.2) is 80.1 Å². The Balaban J connectivity index is 1.32. The SMILES string of the molecule is CN(C)c1ncncc1N1CCC(C(=O)N2CCC3(CC2)OCCO3)CC1. The highest BCUT2D eigenvalue weighted by Crippen LogP contribution is 2.33. The van der Waals surface area contributed by atoms with E-state index in [2.05, 4.69) is 14.9 Å². The number of aromatic nitrogens is 2. The molecule has 4 heterocycles. The van der Waals surface area contributed by atoms with Gasteiger partial charge in [0.2, 0.25) is 5.91 Å². The van der Waals surface area contributed by atoms with Crippen LogP contribution in [0.5, 0.6) is 0 Å². The largest absolute Gasteiger partial charge is 0.367 e. The molecule has 8 nitrogen and oxygen atoms in total. The van der Waals surface area contributed by atoms with Crippen molar-refractivity contribution in [2.75, 3.05) is 63.3 Å². The van der Waals surface area contributed by atoms with Gasteiger partial charge in [0.1, 0.15) is 6.33 Å². The number of carbonyl (C=O) groups excluding carboxylic acids is 1. The van der Waals surface area contributed by atoms with Gasteiger partial charge >= 0.3 is 0 Å². The number of ether oxygens (including phenoxy) is 2. The highest BCUT2D eigenvalue weighted by molar-refractivity contribution is 5.79. The van der Waals surface area contributed by atoms with E-state index in [0.717, 1.165) is 63.4 Å². The first kappa shape index (κ1) is 18.4. The third-order valence-electron chi connectivity index (χ3n) is 5.93. The monoisotopic (exact) mass is 375 g/mol. The summed E-state index contributed by atoms with van der Waals surface area (Å²) >= 11 is 0. The Bertz CT molecular complexity index is 659. The van der Waals surface area contributed by atoms with E-state index in [1.54, 1.807) is 6.33 Å². The summed E-state index contributed by atoms with van der Waals surface area (Å²) in [6.45, 7) is 4.52. The van der Waals surface area contributed by atoms with Gasteiger partial charge in [-0.15, -0.1) is 0 Å². The molecule has 1 amide bonds. The van der Waals surface area contributed by atoms with Gasteiger partial charge in [-0.1, -0.05) is 0 Å². The minimum Gasteiger partial charge on any atom is -0.367 e. The lowest BCUT2D eigenvalue weighted by atomic mass is 9.93. The molecule has 0 aromatic carbocycles. The number of hydrogen-bond donors (Lipinski definition) is 0. The van der Waals surface area contributed by atoms with Crippen molar-refractivity contribution in [3.8, 4) is 0 Å². The fraction of sp³-hybridized carbons (Fsp3) is 0.737. The Kier molecular flexibility index (Phi) is 5.19. The van der Waals surface area contributed by atoms with Gasteiger partial charge in [0.05, 0.1) is 25.1 Å². The molecule has 3 saturated heterocycles. The van der Waals surface area contributed by atoms with Gasteiger partial charge in [-0.2, -0.15) is 0 Å². The van der Waals surface area contributed by atoms with Crippen LogP contribution in [0.2, 0.25) is 0 Å². The fourth-order valence-corrected chi connectivity index (χ4v) is 4.36. The molecule has 0 bridgehead atoms. The summed E-state index contributed by atoms with van der Waals surface area (Å²) in [5, 5.41) is 0. The molecular weight excluding hydrogens is 346 g/mol. The zero-order valence-corrected chi connectivity index (χ0v) is 16.3. The lowest BCUT2D eigenvalue weighted by Crippen LogP contribution is -2.50. The molecule has 3 aliphatic rings. The number of likely N-dealkylation sites (tertiary alicyclic amines) is 1. The number of anilines is 2. The summed E-state index contributed by atoms with van der Waals surface area (Å²) in [5.74, 6) is 0.899. The number of amides is 1. The molecule has 4 rings (SSSR count). The molecular formula is C19H29N5O3. The van der Waals surface area contributed by atoms with Crippen molar-refractivity contribution in [1.29, 1.82) is 0 Å². The van der Waals surface area contributed by atoms with Gasteiger partial charge in [0, 0.05) is 59.0 Å². The first-order chi connectivity index (χ1) is 13.1. The minimum absolute atomic E-state index is 0.105. The maximum absolute atomic E-state index is 13.0. The second-order valence-corrected chi connectivity index (χ2v) is 7.82. The first-order valence-electron chi connectivity index (χ1n) is 9.87. The van der Waals surface area contributed by atoms with Gasteiger partial charge in [-0.05, 0) is 12.8 Å². The highest BCUT2D eigenvalue weighted by Gasteiger charge is 2.42. The van der Waals surface area contributed by atoms with E-state index in [1.807, 2.05) is 30.1 Å². The molecule has 0 unspecified atom stereocenters. The van der Waals surface area contributed by atoms with Crippen molar-refractivity contribution in [1.82, 2.24) is 14.9 Å². The van der Waals surface area contributed by atoms with Crippen LogP contribution in [0.4, 0.5) is 11.5 Å². The van der Waals surface area contributed by atoms with Gasteiger partial charge in [0.15, 0.2) is 11.6 Å². The Morgan fingerprint density at radius 2 is 1.81 bits per heavy atom. The Hall–Kier alpha value is -1.93. The lowest BCUT2D eigenvalue weighted by molar-refractivity contribution is -0.188. The van der Waals surface area contributed by atoms with Crippen molar-refractivity contribution >= 4 is 17.4 Å². The molecule has 0 atom stereocenters. The smallest absolute Gasteiger partial charge is 0.225 e. The molecule has 8 heteroatoms. The van der Waals surface area contributed by atoms with E-state index in [-0.39, 0.29) is 5.92 Å². The first-order valence-corrected chi connectivity index (χ1v) is 9.87. The summed E-state index contributed by atoms with van der Waals surface area (Å²) in [6, 6.07) is 0. The van der Waals surface area contributed by atoms with Crippen LogP contribution in [0.25, 0.3) is 0 Å². The molecule has 0 aliphatic carbocycles. The van der Waals surface area contributed by atoms with Gasteiger partial charge in [-0.25, -0.2) is 9.97 Å². The Morgan fingerprint density at radius 1 is 1.15 bits per heavy atom. The van der Waals surface area contributed by atoms with E-state index in [9.17, 15) is 4.79 Å². The predicted molar refractivity (Wildman–Crippen MR) is 102 cm³/mol. The number of piperidine rings is 2. The lowest BCUT2D eigenvalue weighted by Gasteiger charge is -2.40. The molecule has 27 heavy (non-hydrogen) atoms. The van der Waals surface area contributed by atoms with Crippen LogP contribution in [0.1, 0.15) is 25.7 Å². The van der Waals surface area contributed by atoms with E-state index in [0.29, 0.717) is 19.1 Å². The van der Waals surface area contributed by atoms with Crippen LogP contribution < -0.4 is 9.80 Å². The molecule has 148 valence electrons. The fourth-order valence-electron chi connectivity index (χ4n) is 4.36. The van der Waals surface area contributed by atoms with Crippen LogP contribution in [0.3, 0.4) is 0 Å². The van der Waals surface area contributed by atoms with Crippen molar-refractivity contribution in [2.45, 2.75) is 31.5 Å². The molecule has 1 aromatic heterocycles. The predicted octanol–water partition coefficient (Wildman–Crippen LogP) is 1.12. The van der Waals surface area contributed by atoms with E-state index < -0.39 is 5.79 Å². The number of hydrogen-bond acceptors (Lipinski definition) is 7. The van der Waals surface area contributed by atoms with Crippen LogP contribution in [-0.2, 0) is 14.3 Å². The second kappa shape index (κ2) is 7.59. The van der Waals surface area contributed by atoms with E-state index in [1.165, 1.54) is 0 Å². The van der Waals surface area contributed by atoms with Crippen LogP contribution >= 0.6 is 0 Å². The molecule has 3 fully saturated rings. The van der Waals surface area contributed by atoms with E-state index >= 15 is 0 Å². The van der Waals surface area contributed by atoms with Crippen molar-refractivity contribution in [2.24, 2.45) is 5.92 Å². The van der Waals surface area contributed by atoms with Gasteiger partial charge in [0.25, 0.3) is 0 Å². The Labute approximate surface area is 160 Å².